The Labute approximate surface area is 409 Å². The second kappa shape index (κ2) is 29.4. The zero-order chi connectivity index (χ0) is 51.1. The number of anilines is 1. The van der Waals surface area contributed by atoms with Gasteiger partial charge in [0.25, 0.3) is 20.2 Å². The molecule has 17 nitrogen and oxygen atoms in total. The van der Waals surface area contributed by atoms with Crippen molar-refractivity contribution in [1.82, 2.24) is 4.58 Å². The lowest BCUT2D eigenvalue weighted by Crippen LogP contribution is -2.36. The van der Waals surface area contributed by atoms with Gasteiger partial charge in [0.15, 0.2) is 13.1 Å². The lowest BCUT2D eigenvalue weighted by atomic mass is 9.77. The molecule has 0 saturated heterocycles. The van der Waals surface area contributed by atoms with Gasteiger partial charge in [0.1, 0.15) is 24.7 Å². The molecule has 0 saturated carbocycles. The predicted octanol–water partition coefficient (Wildman–Crippen LogP) is 7.07. The van der Waals surface area contributed by atoms with Gasteiger partial charge in [-0.2, -0.15) is 16.8 Å². The number of allylic oxidation sites excluding steroid dienone is 3. The number of ether oxygens (including phenoxy) is 6. The number of carboxylic acids is 1. The van der Waals surface area contributed by atoms with Crippen LogP contribution in [0.25, 0.3) is 17.4 Å². The second-order valence-electron chi connectivity index (χ2n) is 17.6. The minimum absolute atomic E-state index is 0.0268. The quantitative estimate of drug-likeness (QED) is 0.0333. The highest BCUT2D eigenvalue weighted by Crippen LogP contribution is 2.51. The molecular weight excluding hydrogens is 933 g/mol. The third-order valence-electron chi connectivity index (χ3n) is 11.4. The maximum Gasteiger partial charge on any atom is 0.303 e. The van der Waals surface area contributed by atoms with Crippen molar-refractivity contribution in [3.05, 3.63) is 82.6 Å². The topological polar surface area (TPSA) is 221 Å². The van der Waals surface area contributed by atoms with Gasteiger partial charge in [-0.3, -0.25) is 13.9 Å². The Bertz CT molecular complexity index is 2350. The summed E-state index contributed by atoms with van der Waals surface area (Å²) >= 11 is 0. The van der Waals surface area contributed by atoms with E-state index < -0.39 is 37.4 Å². The van der Waals surface area contributed by atoms with Crippen LogP contribution in [0.5, 0.6) is 0 Å². The first kappa shape index (κ1) is 59.3. The van der Waals surface area contributed by atoms with E-state index in [1.165, 1.54) is 12.1 Å². The number of nitrogens with zero attached hydrogens (tertiary/aromatic N) is 2. The summed E-state index contributed by atoms with van der Waals surface area (Å²) in [5, 5.41) is 10.1. The van der Waals surface area contributed by atoms with Crippen LogP contribution in [-0.4, -0.2) is 143 Å². The Morgan fingerprint density at radius 3 is 1.93 bits per heavy atom. The first-order valence-electron chi connectivity index (χ1n) is 23.7. The van der Waals surface area contributed by atoms with Crippen molar-refractivity contribution >= 4 is 38.0 Å². The van der Waals surface area contributed by atoms with E-state index in [-0.39, 0.29) is 29.6 Å². The normalized spacial score (nSPS) is 15.8. The molecular formula is C50H77N2O15S2+. The minimum atomic E-state index is -4.59. The van der Waals surface area contributed by atoms with Crippen LogP contribution in [0.4, 0.5) is 5.69 Å². The number of carboxylic acid groups (broad SMARTS) is 1. The monoisotopic (exact) mass is 1010 g/mol. The van der Waals surface area contributed by atoms with Crippen LogP contribution in [0, 0.1) is 0 Å². The summed E-state index contributed by atoms with van der Waals surface area (Å²) in [5.41, 5.74) is 2.71. The summed E-state index contributed by atoms with van der Waals surface area (Å²) in [7, 11) is -5.64. The fourth-order valence-electron chi connectivity index (χ4n) is 8.00. The van der Waals surface area contributed by atoms with E-state index in [1.54, 1.807) is 20.3 Å². The molecule has 69 heavy (non-hydrogen) atoms. The molecule has 19 heteroatoms. The Balaban J connectivity index is 0.00000622. The number of unbranched alkanes of at least 4 members (excludes halogenated alkanes) is 2. The molecule has 1 unspecified atom stereocenters. The molecule has 2 heterocycles. The first-order chi connectivity index (χ1) is 32.8. The third-order valence-corrected chi connectivity index (χ3v) is 13.1. The molecule has 0 fully saturated rings. The van der Waals surface area contributed by atoms with Gasteiger partial charge in [-0.15, -0.1) is 0 Å². The van der Waals surface area contributed by atoms with E-state index in [2.05, 4.69) is 37.5 Å². The number of hydrogen-bond acceptors (Lipinski definition) is 13. The van der Waals surface area contributed by atoms with Crippen molar-refractivity contribution in [3.63, 3.8) is 0 Å². The highest BCUT2D eigenvalue weighted by atomic mass is 32.2. The summed E-state index contributed by atoms with van der Waals surface area (Å²) < 4.78 is 110. The van der Waals surface area contributed by atoms with Gasteiger partial charge in [0, 0.05) is 55.6 Å². The van der Waals surface area contributed by atoms with E-state index >= 15 is 0 Å². The fourth-order valence-corrected chi connectivity index (χ4v) is 9.02. The fraction of sp³-hybridized carbons (Fsp3) is 0.600. The van der Waals surface area contributed by atoms with Crippen molar-refractivity contribution in [1.29, 1.82) is 0 Å². The van der Waals surface area contributed by atoms with Crippen molar-refractivity contribution in [3.8, 4) is 11.3 Å². The molecule has 0 radical (unpaired) electrons. The van der Waals surface area contributed by atoms with Gasteiger partial charge in [0.2, 0.25) is 5.36 Å². The minimum Gasteiger partial charge on any atom is -0.481 e. The van der Waals surface area contributed by atoms with Gasteiger partial charge in [-0.05, 0) is 91.6 Å². The molecule has 2 aliphatic heterocycles. The Morgan fingerprint density at radius 2 is 1.38 bits per heavy atom. The molecule has 4 rings (SSSR count). The van der Waals surface area contributed by atoms with Crippen LogP contribution in [-0.2, 0) is 64.3 Å². The van der Waals surface area contributed by atoms with E-state index in [0.29, 0.717) is 128 Å². The molecule has 0 aromatic heterocycles. The van der Waals surface area contributed by atoms with Crippen LogP contribution in [0.1, 0.15) is 97.0 Å². The van der Waals surface area contributed by atoms with Gasteiger partial charge in [-0.25, -0.2) is 4.58 Å². The zero-order valence-corrected chi connectivity index (χ0v) is 43.5. The number of hydrogen-bond donors (Lipinski definition) is 3. The standard InChI is InChI=1S/C48H70N2O15S2.C2H6/c1-47(2,3)41-35-38(65-44-34-37(15-17-40(41)44)49(21-23-61-29-31-63-27-25-59-5)22-24-62-30-32-64-28-26-60-6)12-10-13-45-48(4,19-11-33-66(53,54)55)42-36-39(67(56,57)58)16-18-43(42)50(45)20-9-7-8-14-46(51)52;1-2/h10,12-13,15-18,34-36H,7-9,11,14,19-33H2,1-6H3,(H2-,51,52,53,54,55,56,57,58);1-2H3/p+1. The number of methoxy groups -OCH3 is 2. The Morgan fingerprint density at radius 1 is 0.783 bits per heavy atom. The maximum absolute atomic E-state index is 12.4. The molecule has 0 amide bonds. The lowest BCUT2D eigenvalue weighted by Gasteiger charge is -2.30. The maximum atomic E-state index is 12.4. The number of fused-ring (bicyclic) bond motifs is 2. The van der Waals surface area contributed by atoms with Crippen molar-refractivity contribution in [2.75, 3.05) is 111 Å². The highest BCUT2D eigenvalue weighted by Gasteiger charge is 2.43. The molecule has 0 bridgehead atoms. The average molecular weight is 1010 g/mol. The van der Waals surface area contributed by atoms with Crippen molar-refractivity contribution < 1.29 is 68.7 Å². The van der Waals surface area contributed by atoms with E-state index in [0.717, 1.165) is 22.2 Å². The number of rotatable bonds is 31. The molecule has 0 spiro atoms. The Hall–Kier alpha value is -4.02. The average Bonchev–Trinajstić information content (AvgIpc) is 3.51. The molecule has 3 N–H and O–H groups in total. The van der Waals surface area contributed by atoms with Crippen LogP contribution in [0.3, 0.4) is 0 Å². The van der Waals surface area contributed by atoms with Crippen LogP contribution in [0.2, 0.25) is 0 Å². The molecule has 1 aromatic carbocycles. The van der Waals surface area contributed by atoms with Crippen molar-refractivity contribution in [2.45, 2.75) is 95.8 Å². The summed E-state index contributed by atoms with van der Waals surface area (Å²) in [6.45, 7) is 18.6. The molecule has 1 aliphatic carbocycles. The summed E-state index contributed by atoms with van der Waals surface area (Å²) in [4.78, 5) is 12.9. The van der Waals surface area contributed by atoms with Crippen molar-refractivity contribution in [2.24, 2.45) is 0 Å². The Kier molecular flexibility index (Phi) is 25.2. The number of carbonyl (C=O) groups is 1. The van der Waals surface area contributed by atoms with Gasteiger partial charge in [0.05, 0.1) is 69.6 Å². The number of aliphatic carboxylic acids is 1. The largest absolute Gasteiger partial charge is 0.481 e. The van der Waals surface area contributed by atoms with E-state index in [1.807, 2.05) is 56.0 Å². The SMILES string of the molecule is CC.COCCOCCOCC[N+](CCOCCOCCOC)=c1ccc2c(C(C)(C)C)cc(/C=C/C=C3/N(CCCCCC(=O)O)c4ccc(S(=O)(=O)O)cc4C3(C)CCCS(=O)(=O)O)oc-2c1. The first-order valence-corrected chi connectivity index (χ1v) is 26.7. The summed E-state index contributed by atoms with van der Waals surface area (Å²) in [5.74, 6) is -0.172. The second-order valence-corrected chi connectivity index (χ2v) is 20.6. The molecule has 3 aliphatic rings. The predicted molar refractivity (Wildman–Crippen MR) is 267 cm³/mol. The molecule has 1 atom stereocenters. The molecule has 1 aromatic rings. The van der Waals surface area contributed by atoms with E-state index in [9.17, 15) is 35.8 Å². The van der Waals surface area contributed by atoms with Gasteiger partial charge in [-0.1, -0.05) is 47.1 Å². The highest BCUT2D eigenvalue weighted by molar-refractivity contribution is 7.86. The van der Waals surface area contributed by atoms with Gasteiger partial charge < -0.3 is 42.8 Å². The number of benzene rings is 2. The van der Waals surface area contributed by atoms with Gasteiger partial charge >= 0.3 is 5.97 Å². The zero-order valence-electron chi connectivity index (χ0n) is 41.9. The molecule has 388 valence electrons. The summed E-state index contributed by atoms with van der Waals surface area (Å²) in [6, 6.07) is 12.5. The van der Waals surface area contributed by atoms with E-state index in [4.69, 9.17) is 32.8 Å². The lowest BCUT2D eigenvalue weighted by molar-refractivity contribution is -0.137. The smallest absolute Gasteiger partial charge is 0.303 e. The van der Waals surface area contributed by atoms with Crippen LogP contribution < -0.4 is 14.8 Å². The summed E-state index contributed by atoms with van der Waals surface area (Å²) in [6.07, 6.45) is 7.54. The van der Waals surface area contributed by atoms with Crippen LogP contribution in [0.15, 0.2) is 69.6 Å². The third kappa shape index (κ3) is 19.6. The van der Waals surface area contributed by atoms with Crippen LogP contribution >= 0.6 is 0 Å².